The van der Waals surface area contributed by atoms with Gasteiger partial charge in [-0.25, -0.2) is 0 Å². The van der Waals surface area contributed by atoms with E-state index >= 15 is 0 Å². The first-order valence-corrected chi connectivity index (χ1v) is 11.0. The van der Waals surface area contributed by atoms with Crippen molar-refractivity contribution in [1.29, 1.82) is 0 Å². The number of rotatable bonds is 9. The minimum Gasteiger partial charge on any atom is -0.493 e. The molecule has 0 saturated carbocycles. The predicted octanol–water partition coefficient (Wildman–Crippen LogP) is 5.16. The van der Waals surface area contributed by atoms with Gasteiger partial charge in [0.1, 0.15) is 12.4 Å². The van der Waals surface area contributed by atoms with Crippen molar-refractivity contribution in [3.63, 3.8) is 0 Å². The van der Waals surface area contributed by atoms with Gasteiger partial charge in [-0.15, -0.1) is 6.58 Å². The van der Waals surface area contributed by atoms with Gasteiger partial charge >= 0.3 is 0 Å². The Morgan fingerprint density at radius 3 is 2.53 bits per heavy atom. The van der Waals surface area contributed by atoms with Gasteiger partial charge in [-0.2, -0.15) is 0 Å². The smallest absolute Gasteiger partial charge is 0.293 e. The highest BCUT2D eigenvalue weighted by Crippen LogP contribution is 2.37. The molecule has 168 valence electrons. The number of nitrogens with zero attached hydrogens (tertiary/aromatic N) is 1. The normalized spacial score (nSPS) is 14.8. The molecule has 6 nitrogen and oxygen atoms in total. The summed E-state index contributed by atoms with van der Waals surface area (Å²) in [6, 6.07) is 9.62. The van der Waals surface area contributed by atoms with E-state index in [0.29, 0.717) is 22.8 Å². The molecule has 1 saturated heterocycles. The summed E-state index contributed by atoms with van der Waals surface area (Å²) in [6.07, 6.45) is 4.05. The average Bonchev–Trinajstić information content (AvgIpc) is 3.03. The summed E-state index contributed by atoms with van der Waals surface area (Å²) in [6.45, 7) is 8.14. The maximum Gasteiger partial charge on any atom is 0.293 e. The van der Waals surface area contributed by atoms with Gasteiger partial charge < -0.3 is 14.2 Å². The summed E-state index contributed by atoms with van der Waals surface area (Å²) in [5.74, 6) is 1.61. The molecule has 1 fully saturated rings. The number of hydrogen-bond donors (Lipinski definition) is 0. The van der Waals surface area contributed by atoms with Crippen molar-refractivity contribution in [3.05, 3.63) is 70.1 Å². The van der Waals surface area contributed by atoms with Crippen molar-refractivity contribution in [2.24, 2.45) is 0 Å². The number of methoxy groups -OCH3 is 2. The van der Waals surface area contributed by atoms with Gasteiger partial charge in [-0.05, 0) is 73.0 Å². The van der Waals surface area contributed by atoms with Crippen LogP contribution in [0, 0.1) is 13.8 Å². The van der Waals surface area contributed by atoms with Gasteiger partial charge in [0, 0.05) is 5.56 Å². The summed E-state index contributed by atoms with van der Waals surface area (Å²) in [5, 5.41) is -0.308. The second kappa shape index (κ2) is 10.4. The van der Waals surface area contributed by atoms with Gasteiger partial charge in [-0.3, -0.25) is 14.5 Å². The summed E-state index contributed by atoms with van der Waals surface area (Å²) < 4.78 is 16.7. The number of allylic oxidation sites excluding steroid dienone is 1. The number of aryl methyl sites for hydroxylation is 2. The van der Waals surface area contributed by atoms with Crippen molar-refractivity contribution in [2.75, 3.05) is 27.4 Å². The molecule has 0 aromatic heterocycles. The molecular formula is C25H27NO5S. The number of carbonyl (C=O) groups is 2. The van der Waals surface area contributed by atoms with Crippen molar-refractivity contribution in [1.82, 2.24) is 4.90 Å². The highest BCUT2D eigenvalue weighted by atomic mass is 32.2. The molecule has 0 atom stereocenters. The Bertz CT molecular complexity index is 1080. The summed E-state index contributed by atoms with van der Waals surface area (Å²) in [7, 11) is 3.14. The third kappa shape index (κ3) is 5.16. The molecule has 0 N–H and O–H groups in total. The standard InChI is InChI=1S/C25H27NO5S/c1-6-7-19-13-18(14-21(29-4)23(19)30-5)15-22-24(27)26(25(28)32-22)10-11-31-20-12-16(2)8-9-17(20)3/h6,8-9,12-15H,1,7,10-11H2,2-5H3/b22-15-. The van der Waals surface area contributed by atoms with Crippen LogP contribution in [0.4, 0.5) is 4.79 Å². The Balaban J connectivity index is 1.75. The lowest BCUT2D eigenvalue weighted by Gasteiger charge is -2.15. The highest BCUT2D eigenvalue weighted by Gasteiger charge is 2.35. The molecule has 0 radical (unpaired) electrons. The molecule has 2 amide bonds. The first kappa shape index (κ1) is 23.5. The number of benzene rings is 2. The third-order valence-corrected chi connectivity index (χ3v) is 5.94. The number of carbonyl (C=O) groups excluding carboxylic acids is 2. The van der Waals surface area contributed by atoms with Crippen LogP contribution in [0.25, 0.3) is 6.08 Å². The van der Waals surface area contributed by atoms with E-state index in [-0.39, 0.29) is 24.3 Å². The minimum atomic E-state index is -0.329. The van der Waals surface area contributed by atoms with E-state index in [9.17, 15) is 9.59 Å². The molecule has 3 rings (SSSR count). The minimum absolute atomic E-state index is 0.184. The number of ether oxygens (including phenoxy) is 3. The maximum absolute atomic E-state index is 12.9. The first-order chi connectivity index (χ1) is 15.4. The topological polar surface area (TPSA) is 65.1 Å². The van der Waals surface area contributed by atoms with Crippen molar-refractivity contribution in [3.8, 4) is 17.2 Å². The summed E-state index contributed by atoms with van der Waals surface area (Å²) in [5.41, 5.74) is 3.73. The van der Waals surface area contributed by atoms with Crippen LogP contribution >= 0.6 is 11.8 Å². The number of hydrogen-bond acceptors (Lipinski definition) is 6. The van der Waals surface area contributed by atoms with Crippen LogP contribution in [0.1, 0.15) is 22.3 Å². The molecule has 0 bridgehead atoms. The molecule has 1 heterocycles. The fourth-order valence-electron chi connectivity index (χ4n) is 3.41. The Labute approximate surface area is 192 Å². The van der Waals surface area contributed by atoms with Gasteiger partial charge in [0.05, 0.1) is 25.7 Å². The fraction of sp³-hybridized carbons (Fsp3) is 0.280. The van der Waals surface area contributed by atoms with E-state index in [1.807, 2.05) is 38.1 Å². The maximum atomic E-state index is 12.9. The lowest BCUT2D eigenvalue weighted by Crippen LogP contribution is -2.32. The van der Waals surface area contributed by atoms with E-state index in [1.165, 1.54) is 4.90 Å². The van der Waals surface area contributed by atoms with Crippen LogP contribution in [-0.2, 0) is 11.2 Å². The van der Waals surface area contributed by atoms with Crippen LogP contribution in [0.5, 0.6) is 17.2 Å². The molecule has 2 aromatic carbocycles. The molecule has 0 aliphatic carbocycles. The van der Waals surface area contributed by atoms with E-state index in [1.54, 1.807) is 32.4 Å². The molecule has 2 aromatic rings. The van der Waals surface area contributed by atoms with Gasteiger partial charge in [-0.1, -0.05) is 18.2 Å². The largest absolute Gasteiger partial charge is 0.493 e. The van der Waals surface area contributed by atoms with E-state index in [0.717, 1.165) is 39.8 Å². The van der Waals surface area contributed by atoms with E-state index in [4.69, 9.17) is 14.2 Å². The van der Waals surface area contributed by atoms with Crippen molar-refractivity contribution in [2.45, 2.75) is 20.3 Å². The van der Waals surface area contributed by atoms with Crippen molar-refractivity contribution >= 4 is 29.0 Å². The molecule has 32 heavy (non-hydrogen) atoms. The highest BCUT2D eigenvalue weighted by molar-refractivity contribution is 8.18. The third-order valence-electron chi connectivity index (χ3n) is 5.03. The molecule has 0 unspecified atom stereocenters. The van der Waals surface area contributed by atoms with Gasteiger partial charge in [0.25, 0.3) is 11.1 Å². The number of thioether (sulfide) groups is 1. The summed E-state index contributed by atoms with van der Waals surface area (Å²) >= 11 is 0.922. The molecule has 0 spiro atoms. The lowest BCUT2D eigenvalue weighted by atomic mass is 10.0. The summed E-state index contributed by atoms with van der Waals surface area (Å²) in [4.78, 5) is 26.9. The van der Waals surface area contributed by atoms with Crippen LogP contribution < -0.4 is 14.2 Å². The molecular weight excluding hydrogens is 426 g/mol. The Morgan fingerprint density at radius 1 is 1.06 bits per heavy atom. The zero-order valence-corrected chi connectivity index (χ0v) is 19.6. The van der Waals surface area contributed by atoms with Crippen LogP contribution in [0.15, 0.2) is 47.9 Å². The van der Waals surface area contributed by atoms with Crippen LogP contribution in [0.2, 0.25) is 0 Å². The molecule has 1 aliphatic rings. The molecule has 7 heteroatoms. The van der Waals surface area contributed by atoms with Gasteiger partial charge in [0.15, 0.2) is 11.5 Å². The SMILES string of the molecule is C=CCc1cc(/C=C2\SC(=O)N(CCOc3cc(C)ccc3C)C2=O)cc(OC)c1OC. The zero-order chi connectivity index (χ0) is 23.3. The predicted molar refractivity (Wildman–Crippen MR) is 128 cm³/mol. The number of amides is 2. The van der Waals surface area contributed by atoms with Crippen LogP contribution in [-0.4, -0.2) is 43.4 Å². The fourth-order valence-corrected chi connectivity index (χ4v) is 4.28. The van der Waals surface area contributed by atoms with Crippen molar-refractivity contribution < 1.29 is 23.8 Å². The molecule has 1 aliphatic heterocycles. The first-order valence-electron chi connectivity index (χ1n) is 10.2. The van der Waals surface area contributed by atoms with E-state index in [2.05, 4.69) is 6.58 Å². The van der Waals surface area contributed by atoms with E-state index < -0.39 is 0 Å². The second-order valence-corrected chi connectivity index (χ2v) is 8.35. The van der Waals surface area contributed by atoms with Gasteiger partial charge in [0.2, 0.25) is 0 Å². The Kier molecular flexibility index (Phi) is 7.64. The average molecular weight is 454 g/mol. The van der Waals surface area contributed by atoms with Crippen LogP contribution in [0.3, 0.4) is 0 Å². The Morgan fingerprint density at radius 2 is 1.84 bits per heavy atom. The lowest BCUT2D eigenvalue weighted by molar-refractivity contribution is -0.123. The number of imide groups is 1. The zero-order valence-electron chi connectivity index (χ0n) is 18.8. The quantitative estimate of drug-likeness (QED) is 0.386. The Hall–Kier alpha value is -3.19. The monoisotopic (exact) mass is 453 g/mol. The second-order valence-electron chi connectivity index (χ2n) is 7.36.